The molecule has 1 unspecified atom stereocenters. The number of carbonyl (C=O) groups excluding carboxylic acids is 2. The Morgan fingerprint density at radius 2 is 0.930 bits per heavy atom. The zero-order valence-electron chi connectivity index (χ0n) is 26.1. The normalized spacial score (nSPS) is 12.4. The first-order valence-corrected chi connectivity index (χ1v) is 16.9. The minimum absolute atomic E-state index is 0.0142. The molecule has 0 aliphatic rings. The van der Waals surface area contributed by atoms with Gasteiger partial charge in [0.25, 0.3) is 0 Å². The number of nitrogens with one attached hydrogen (secondary N) is 3. The Morgan fingerprint density at radius 3 is 1.35 bits per heavy atom. The average Bonchev–Trinajstić information content (AvgIpc) is 2.95. The van der Waals surface area contributed by atoms with Crippen molar-refractivity contribution in [3.63, 3.8) is 0 Å². The van der Waals surface area contributed by atoms with Crippen molar-refractivity contribution in [2.75, 3.05) is 6.54 Å². The fraction of sp³-hybridized carbons (Fsp3) is 0.839. The molecular formula is C31H58N3O8P. The molecule has 0 aliphatic carbocycles. The Hall–Kier alpha value is -2.26. The van der Waals surface area contributed by atoms with Crippen LogP contribution in [0, 0.1) is 0 Å². The van der Waals surface area contributed by atoms with Gasteiger partial charge in [-0.1, -0.05) is 99.3 Å². The topological polar surface area (TPSA) is 182 Å². The summed E-state index contributed by atoms with van der Waals surface area (Å²) >= 11 is 0. The summed E-state index contributed by atoms with van der Waals surface area (Å²) in [4.78, 5) is 57.2. The van der Waals surface area contributed by atoms with Crippen LogP contribution in [0.4, 0.5) is 0 Å². The van der Waals surface area contributed by atoms with Crippen LogP contribution in [0.1, 0.15) is 148 Å². The molecule has 0 fully saturated rings. The molecule has 0 aromatic heterocycles. The van der Waals surface area contributed by atoms with E-state index in [1.165, 1.54) is 57.8 Å². The first kappa shape index (κ1) is 40.7. The smallest absolute Gasteiger partial charge is 0.326 e. The Bertz CT molecular complexity index is 784. The summed E-state index contributed by atoms with van der Waals surface area (Å²) in [7, 11) is 2.19. The maximum absolute atomic E-state index is 12.2. The molecule has 2 amide bonds. The van der Waals surface area contributed by atoms with Gasteiger partial charge in [0.15, 0.2) is 0 Å². The van der Waals surface area contributed by atoms with E-state index in [4.69, 9.17) is 10.2 Å². The van der Waals surface area contributed by atoms with Gasteiger partial charge in [0.1, 0.15) is 12.1 Å². The molecule has 11 nitrogen and oxygen atoms in total. The molecule has 0 saturated carbocycles. The molecule has 3 atom stereocenters. The van der Waals surface area contributed by atoms with Crippen LogP contribution in [-0.4, -0.2) is 63.7 Å². The maximum atomic E-state index is 12.2. The molecule has 0 rings (SSSR count). The lowest BCUT2D eigenvalue weighted by Gasteiger charge is -2.14. The van der Waals surface area contributed by atoms with Crippen LogP contribution in [-0.2, 0) is 24.0 Å². The molecule has 6 N–H and O–H groups in total. The fourth-order valence-corrected chi connectivity index (χ4v) is 5.21. The van der Waals surface area contributed by atoms with Crippen molar-refractivity contribution in [2.45, 2.75) is 160 Å². The molecule has 0 aromatic rings. The van der Waals surface area contributed by atoms with E-state index in [0.29, 0.717) is 32.2 Å². The Balaban J connectivity index is 3.68. The Labute approximate surface area is 260 Å². The van der Waals surface area contributed by atoms with Crippen LogP contribution in [0.5, 0.6) is 0 Å². The summed E-state index contributed by atoms with van der Waals surface area (Å²) in [6.07, 6.45) is 20.3. The molecule has 0 aromatic carbocycles. The van der Waals surface area contributed by atoms with E-state index in [2.05, 4.69) is 25.1 Å². The number of hydrogen-bond acceptors (Lipinski definition) is 6. The lowest BCUT2D eigenvalue weighted by molar-refractivity contribution is -0.142. The zero-order valence-corrected chi connectivity index (χ0v) is 27.2. The van der Waals surface area contributed by atoms with Crippen molar-refractivity contribution in [1.82, 2.24) is 15.7 Å². The van der Waals surface area contributed by atoms with Gasteiger partial charge < -0.3 is 26.0 Å². The van der Waals surface area contributed by atoms with Crippen LogP contribution < -0.4 is 15.7 Å². The van der Waals surface area contributed by atoms with Gasteiger partial charge in [-0.05, 0) is 38.5 Å². The van der Waals surface area contributed by atoms with E-state index in [1.54, 1.807) is 0 Å². The molecule has 0 saturated heterocycles. The summed E-state index contributed by atoms with van der Waals surface area (Å²) < 4.78 is 0. The van der Waals surface area contributed by atoms with Gasteiger partial charge in [0.2, 0.25) is 11.8 Å². The number of rotatable bonds is 31. The van der Waals surface area contributed by atoms with Gasteiger partial charge in [0.05, 0.1) is 0 Å². The van der Waals surface area contributed by atoms with Crippen LogP contribution in [0.3, 0.4) is 0 Å². The van der Waals surface area contributed by atoms with Gasteiger partial charge in [-0.15, -0.1) is 0 Å². The third-order valence-electron chi connectivity index (χ3n) is 7.58. The minimum atomic E-state index is -1.16. The van der Waals surface area contributed by atoms with Crippen molar-refractivity contribution in [3.8, 4) is 0 Å². The number of aliphatic carboxylic acids is 3. The molecule has 43 heavy (non-hydrogen) atoms. The highest BCUT2D eigenvalue weighted by molar-refractivity contribution is 7.13. The number of carbonyl (C=O) groups is 5. The quantitative estimate of drug-likeness (QED) is 0.0421. The molecular weight excluding hydrogens is 573 g/mol. The first-order chi connectivity index (χ1) is 20.7. The lowest BCUT2D eigenvalue weighted by atomic mass is 10.0. The fourth-order valence-electron chi connectivity index (χ4n) is 4.90. The van der Waals surface area contributed by atoms with Crippen LogP contribution in [0.25, 0.3) is 0 Å². The number of carboxylic acids is 3. The van der Waals surface area contributed by atoms with E-state index in [9.17, 15) is 29.1 Å². The second-order valence-electron chi connectivity index (χ2n) is 11.5. The Morgan fingerprint density at radius 1 is 0.488 bits per heavy atom. The SMILES string of the molecule is O=C(O)CCCCCCCCCCCCCCCCCCC(=O)N[C@@H](CCC(=O)NCCCC[C@H](NP)C(=O)O)C(=O)O. The number of hydrogen-bond donors (Lipinski definition) is 6. The molecule has 0 aliphatic heterocycles. The number of amides is 2. The summed E-state index contributed by atoms with van der Waals surface area (Å²) in [6.45, 7) is 0.382. The van der Waals surface area contributed by atoms with E-state index in [0.717, 1.165) is 38.5 Å². The van der Waals surface area contributed by atoms with Gasteiger partial charge in [-0.25, -0.2) is 4.79 Å². The molecule has 12 heteroatoms. The molecule has 0 bridgehead atoms. The number of carboxylic acid groups (broad SMARTS) is 3. The second kappa shape index (κ2) is 28.5. The largest absolute Gasteiger partial charge is 0.481 e. The van der Waals surface area contributed by atoms with Crippen molar-refractivity contribution >= 4 is 39.1 Å². The highest BCUT2D eigenvalue weighted by Crippen LogP contribution is 2.14. The van der Waals surface area contributed by atoms with E-state index in [-0.39, 0.29) is 37.5 Å². The predicted octanol–water partition coefficient (Wildman–Crippen LogP) is 5.56. The standard InChI is InChI=1S/C31H58N3O8P/c35-27(32-24-18-17-19-26(34-43)31(41)42)23-22-25(30(39)40)33-28(36)20-15-13-11-9-7-5-3-1-2-4-6-8-10-12-14-16-21-29(37)38/h25-26,34H,1-24,43H2,(H,32,35)(H,33,36)(H,37,38)(H,39,40)(H,41,42)/t25-,26-/m0/s1. The Kier molecular flexibility index (Phi) is 27.0. The molecule has 250 valence electrons. The summed E-state index contributed by atoms with van der Waals surface area (Å²) in [5.74, 6) is -3.38. The van der Waals surface area contributed by atoms with E-state index < -0.39 is 30.0 Å². The van der Waals surface area contributed by atoms with E-state index >= 15 is 0 Å². The van der Waals surface area contributed by atoms with E-state index in [1.807, 2.05) is 0 Å². The predicted molar refractivity (Wildman–Crippen MR) is 171 cm³/mol. The van der Waals surface area contributed by atoms with Gasteiger partial charge in [0, 0.05) is 25.8 Å². The lowest BCUT2D eigenvalue weighted by Crippen LogP contribution is -2.41. The van der Waals surface area contributed by atoms with Crippen molar-refractivity contribution in [3.05, 3.63) is 0 Å². The van der Waals surface area contributed by atoms with Crippen LogP contribution >= 0.6 is 9.39 Å². The third-order valence-corrected chi connectivity index (χ3v) is 7.98. The number of unbranched alkanes of at least 4 members (excludes halogenated alkanes) is 16. The third kappa shape index (κ3) is 27.1. The van der Waals surface area contributed by atoms with Gasteiger partial charge in [-0.2, -0.15) is 0 Å². The van der Waals surface area contributed by atoms with Crippen LogP contribution in [0.15, 0.2) is 0 Å². The van der Waals surface area contributed by atoms with Crippen molar-refractivity contribution in [2.24, 2.45) is 0 Å². The summed E-state index contributed by atoms with van der Waals surface area (Å²) in [6, 6.07) is -1.75. The summed E-state index contributed by atoms with van der Waals surface area (Å²) in [5.41, 5.74) is 0. The zero-order chi connectivity index (χ0) is 32.1. The molecule has 0 spiro atoms. The first-order valence-electron chi connectivity index (χ1n) is 16.4. The molecule has 0 radical (unpaired) electrons. The highest BCUT2D eigenvalue weighted by Gasteiger charge is 2.21. The van der Waals surface area contributed by atoms with Crippen LogP contribution in [0.2, 0.25) is 0 Å². The molecule has 0 heterocycles. The van der Waals surface area contributed by atoms with Gasteiger partial charge >= 0.3 is 17.9 Å². The minimum Gasteiger partial charge on any atom is -0.481 e. The average molecular weight is 632 g/mol. The monoisotopic (exact) mass is 631 g/mol. The highest BCUT2D eigenvalue weighted by atomic mass is 31.0. The summed E-state index contributed by atoms with van der Waals surface area (Å²) in [5, 5.41) is 34.9. The maximum Gasteiger partial charge on any atom is 0.326 e. The van der Waals surface area contributed by atoms with Gasteiger partial charge in [-0.3, -0.25) is 24.3 Å². The van der Waals surface area contributed by atoms with Crippen molar-refractivity contribution < 1.29 is 39.3 Å². The second-order valence-corrected chi connectivity index (χ2v) is 11.8. The van der Waals surface area contributed by atoms with Crippen molar-refractivity contribution in [1.29, 1.82) is 0 Å².